The maximum atomic E-state index is 12.3. The first-order valence-corrected chi connectivity index (χ1v) is 13.3. The largest absolute Gasteiger partial charge is 0.493 e. The van der Waals surface area contributed by atoms with E-state index in [4.69, 9.17) is 18.9 Å². The quantitative estimate of drug-likeness (QED) is 0.210. The van der Waals surface area contributed by atoms with Crippen molar-refractivity contribution in [2.75, 3.05) is 6.61 Å². The van der Waals surface area contributed by atoms with Crippen LogP contribution < -0.4 is 9.47 Å². The Morgan fingerprint density at radius 2 is 1.91 bits per heavy atom. The van der Waals surface area contributed by atoms with Crippen LogP contribution >= 0.6 is 0 Å². The van der Waals surface area contributed by atoms with Crippen LogP contribution in [0.15, 0.2) is 12.1 Å². The molecule has 0 bridgehead atoms. The lowest BCUT2D eigenvalue weighted by molar-refractivity contribution is -0.187. The fraction of sp³-hybridized carbons (Fsp3) is 0.714. The van der Waals surface area contributed by atoms with Gasteiger partial charge in [0.05, 0.1) is 6.61 Å². The topological polar surface area (TPSA) is 74.4 Å². The molecule has 0 N–H and O–H groups in total. The van der Waals surface area contributed by atoms with Gasteiger partial charge in [-0.3, -0.25) is 9.59 Å². The second-order valence-electron chi connectivity index (χ2n) is 10.7. The molecule has 1 aliphatic heterocycles. The molecule has 0 radical (unpaired) electrons. The van der Waals surface area contributed by atoms with Gasteiger partial charge in [-0.2, -0.15) is 0 Å². The normalized spacial score (nSPS) is 34.8. The molecule has 1 aromatic rings. The van der Waals surface area contributed by atoms with Crippen molar-refractivity contribution in [1.82, 2.24) is 0 Å². The molecule has 6 atom stereocenters. The van der Waals surface area contributed by atoms with Gasteiger partial charge in [-0.25, -0.2) is 0 Å². The number of hydrogen-bond acceptors (Lipinski definition) is 6. The van der Waals surface area contributed by atoms with E-state index in [2.05, 4.69) is 19.9 Å². The maximum Gasteiger partial charge on any atom is 0.310 e. The van der Waals surface area contributed by atoms with Crippen LogP contribution in [0.1, 0.15) is 96.1 Å². The zero-order valence-electron chi connectivity index (χ0n) is 21.0. The molecule has 3 aliphatic carbocycles. The van der Waals surface area contributed by atoms with Crippen LogP contribution in [0.4, 0.5) is 0 Å². The molecule has 3 fully saturated rings. The Hall–Kier alpha value is -2.08. The predicted molar refractivity (Wildman–Crippen MR) is 127 cm³/mol. The highest BCUT2D eigenvalue weighted by Crippen LogP contribution is 2.72. The summed E-state index contributed by atoms with van der Waals surface area (Å²) in [7, 11) is 0. The zero-order valence-corrected chi connectivity index (χ0v) is 21.0. The van der Waals surface area contributed by atoms with Gasteiger partial charge in [0.25, 0.3) is 0 Å². The van der Waals surface area contributed by atoms with Crippen molar-refractivity contribution >= 4 is 11.9 Å². The van der Waals surface area contributed by atoms with Crippen molar-refractivity contribution in [2.24, 2.45) is 17.3 Å². The maximum absolute atomic E-state index is 12.3. The zero-order chi connectivity index (χ0) is 24.1. The second kappa shape index (κ2) is 8.85. The number of unbranched alkanes of at least 4 members (excludes halogenated alkanes) is 1. The highest BCUT2D eigenvalue weighted by molar-refractivity contribution is 5.73. The number of hydrogen-bond donors (Lipinski definition) is 0. The van der Waals surface area contributed by atoms with E-state index in [0.717, 1.165) is 50.7 Å². The van der Waals surface area contributed by atoms with Crippen LogP contribution in [-0.4, -0.2) is 30.4 Å². The second-order valence-corrected chi connectivity index (χ2v) is 10.7. The summed E-state index contributed by atoms with van der Waals surface area (Å²) in [5, 5.41) is 0. The summed E-state index contributed by atoms with van der Waals surface area (Å²) in [6.07, 6.45) is 7.67. The average Bonchev–Trinajstić information content (AvgIpc) is 3.47. The molecule has 1 saturated heterocycles. The van der Waals surface area contributed by atoms with Gasteiger partial charge in [-0.15, -0.1) is 0 Å². The Labute approximate surface area is 202 Å². The minimum atomic E-state index is -0.732. The van der Waals surface area contributed by atoms with E-state index in [9.17, 15) is 9.59 Å². The van der Waals surface area contributed by atoms with E-state index in [-0.39, 0.29) is 23.5 Å². The Bertz CT molecular complexity index is 972. The van der Waals surface area contributed by atoms with Crippen LogP contribution in [0, 0.1) is 17.3 Å². The molecular weight excluding hydrogens is 432 g/mol. The van der Waals surface area contributed by atoms with Crippen molar-refractivity contribution in [2.45, 2.75) is 103 Å². The molecule has 6 heteroatoms. The Morgan fingerprint density at radius 1 is 1.12 bits per heavy atom. The number of epoxide rings is 1. The van der Waals surface area contributed by atoms with Gasteiger partial charge in [0.2, 0.25) is 5.79 Å². The molecule has 34 heavy (non-hydrogen) atoms. The summed E-state index contributed by atoms with van der Waals surface area (Å²) in [5.74, 6) is 1.59. The van der Waals surface area contributed by atoms with Gasteiger partial charge in [0.1, 0.15) is 17.6 Å². The van der Waals surface area contributed by atoms with Gasteiger partial charge < -0.3 is 18.9 Å². The van der Waals surface area contributed by atoms with Crippen LogP contribution in [0.2, 0.25) is 0 Å². The Morgan fingerprint density at radius 3 is 2.65 bits per heavy atom. The van der Waals surface area contributed by atoms with Gasteiger partial charge in [0.15, 0.2) is 0 Å². The molecule has 0 spiro atoms. The summed E-state index contributed by atoms with van der Waals surface area (Å²) in [4.78, 5) is 24.5. The van der Waals surface area contributed by atoms with Crippen molar-refractivity contribution < 1.29 is 28.5 Å². The van der Waals surface area contributed by atoms with Crippen LogP contribution in [0.25, 0.3) is 0 Å². The molecule has 1 aromatic carbocycles. The van der Waals surface area contributed by atoms with Gasteiger partial charge in [-0.1, -0.05) is 34.1 Å². The average molecular weight is 471 g/mol. The minimum absolute atomic E-state index is 0.0184. The van der Waals surface area contributed by atoms with Crippen molar-refractivity contribution in [1.29, 1.82) is 0 Å². The SMILES string of the molecule is CCCCOc1cc2c(c(OC(=O)CC)c1)[C@H]1CC[C@@]3(C)[C@@H](C[C@H]4O[C@@]43OC(=O)CC)[C@@H]1CC2. The van der Waals surface area contributed by atoms with E-state index in [1.54, 1.807) is 0 Å². The van der Waals surface area contributed by atoms with Gasteiger partial charge in [-0.05, 0) is 67.9 Å². The summed E-state index contributed by atoms with van der Waals surface area (Å²) in [5.41, 5.74) is 2.29. The van der Waals surface area contributed by atoms with Crippen molar-refractivity contribution in [3.63, 3.8) is 0 Å². The number of aryl methyl sites for hydroxylation is 1. The van der Waals surface area contributed by atoms with E-state index in [1.807, 2.05) is 19.9 Å². The van der Waals surface area contributed by atoms with Gasteiger partial charge >= 0.3 is 11.9 Å². The summed E-state index contributed by atoms with van der Waals surface area (Å²) in [6.45, 7) is 8.74. The number of carbonyl (C=O) groups excluding carboxylic acids is 2. The minimum Gasteiger partial charge on any atom is -0.493 e. The number of esters is 2. The lowest BCUT2D eigenvalue weighted by Gasteiger charge is -2.51. The fourth-order valence-electron chi connectivity index (χ4n) is 7.10. The molecule has 5 rings (SSSR count). The number of ether oxygens (including phenoxy) is 4. The molecule has 1 heterocycles. The smallest absolute Gasteiger partial charge is 0.310 e. The fourth-order valence-corrected chi connectivity index (χ4v) is 7.10. The van der Waals surface area contributed by atoms with E-state index in [1.165, 1.54) is 11.1 Å². The first-order chi connectivity index (χ1) is 16.4. The van der Waals surface area contributed by atoms with E-state index in [0.29, 0.717) is 43.0 Å². The predicted octanol–water partition coefficient (Wildman–Crippen LogP) is 5.70. The molecule has 6 nitrogen and oxygen atoms in total. The van der Waals surface area contributed by atoms with Crippen LogP contribution in [0.3, 0.4) is 0 Å². The van der Waals surface area contributed by atoms with Crippen molar-refractivity contribution in [3.8, 4) is 11.5 Å². The summed E-state index contributed by atoms with van der Waals surface area (Å²) in [6, 6.07) is 4.09. The Kier molecular flexibility index (Phi) is 6.16. The van der Waals surface area contributed by atoms with E-state index >= 15 is 0 Å². The standard InChI is InChI=1S/C28H38O6/c1-5-8-13-31-18-14-17-9-10-19-20(26(17)22(15-18)32-24(29)6-2)11-12-27(4)21(19)16-23-28(27,33-23)34-25(30)7-3/h14-15,19-21,23H,5-13,16H2,1-4H3/t19-,20+,21+,23-,27+,28-/m1/s1. The third-order valence-electron chi connectivity index (χ3n) is 8.93. The highest BCUT2D eigenvalue weighted by atomic mass is 16.8. The summed E-state index contributed by atoms with van der Waals surface area (Å²) >= 11 is 0. The number of fused-ring (bicyclic) bond motifs is 7. The monoisotopic (exact) mass is 470 g/mol. The lowest BCUT2D eigenvalue weighted by Crippen LogP contribution is -2.49. The van der Waals surface area contributed by atoms with Crippen molar-refractivity contribution in [3.05, 3.63) is 23.3 Å². The van der Waals surface area contributed by atoms with Gasteiger partial charge in [0, 0.05) is 29.9 Å². The molecule has 0 amide bonds. The number of rotatable bonds is 8. The first kappa shape index (κ1) is 23.7. The number of carbonyl (C=O) groups is 2. The molecule has 186 valence electrons. The molecule has 4 aliphatic rings. The molecule has 0 aromatic heterocycles. The first-order valence-electron chi connectivity index (χ1n) is 13.3. The highest BCUT2D eigenvalue weighted by Gasteiger charge is 2.79. The third kappa shape index (κ3) is 3.64. The number of benzene rings is 1. The summed E-state index contributed by atoms with van der Waals surface area (Å²) < 4.78 is 23.9. The molecular formula is C28H38O6. The van der Waals surface area contributed by atoms with Crippen LogP contribution in [-0.2, 0) is 25.5 Å². The van der Waals surface area contributed by atoms with E-state index < -0.39 is 5.79 Å². The lowest BCUT2D eigenvalue weighted by atomic mass is 9.55. The third-order valence-corrected chi connectivity index (χ3v) is 8.93. The van der Waals surface area contributed by atoms with Crippen LogP contribution in [0.5, 0.6) is 11.5 Å². The molecule has 0 unspecified atom stereocenters. The Balaban J connectivity index is 1.45. The molecule has 2 saturated carbocycles.